The lowest BCUT2D eigenvalue weighted by atomic mass is 10.1. The van der Waals surface area contributed by atoms with Crippen LogP contribution in [-0.4, -0.2) is 4.98 Å². The standard InChI is InChI=1S/C8H11N.3C2H6/c1-6-4-5-9-8(3)7(6)2;3*1-2/h4-5H,1-3H3;3*1-2H3. The molecule has 90 valence electrons. The molecule has 0 aliphatic carbocycles. The van der Waals surface area contributed by atoms with Gasteiger partial charge in [-0.2, -0.15) is 0 Å². The Morgan fingerprint density at radius 2 is 1.20 bits per heavy atom. The number of rotatable bonds is 0. The second-order valence-corrected chi connectivity index (χ2v) is 2.34. The summed E-state index contributed by atoms with van der Waals surface area (Å²) in [7, 11) is 0. The Kier molecular flexibility index (Phi) is 20.5. The van der Waals surface area contributed by atoms with Gasteiger partial charge in [-0.3, -0.25) is 4.98 Å². The minimum absolute atomic E-state index is 1.13. The molecule has 1 nitrogen and oxygen atoms in total. The van der Waals surface area contributed by atoms with Crippen molar-refractivity contribution < 1.29 is 0 Å². The fraction of sp³-hybridized carbons (Fsp3) is 0.643. The molecule has 0 saturated heterocycles. The quantitative estimate of drug-likeness (QED) is 0.583. The molecular weight excluding hydrogens is 182 g/mol. The Labute approximate surface area is 97.0 Å². The second-order valence-electron chi connectivity index (χ2n) is 2.34. The summed E-state index contributed by atoms with van der Waals surface area (Å²) < 4.78 is 0. The zero-order valence-electron chi connectivity index (χ0n) is 12.1. The average Bonchev–Trinajstić information content (AvgIpc) is 2.34. The van der Waals surface area contributed by atoms with Crippen LogP contribution < -0.4 is 0 Å². The number of nitrogens with zero attached hydrogens (tertiary/aromatic N) is 1. The van der Waals surface area contributed by atoms with Crippen molar-refractivity contribution in [2.75, 3.05) is 0 Å². The highest BCUT2D eigenvalue weighted by Crippen LogP contribution is 2.06. The largest absolute Gasteiger partial charge is 0.261 e. The first kappa shape index (κ1) is 19.7. The van der Waals surface area contributed by atoms with Crippen LogP contribution in [0.5, 0.6) is 0 Å². The van der Waals surface area contributed by atoms with E-state index in [1.165, 1.54) is 11.1 Å². The van der Waals surface area contributed by atoms with E-state index in [0.29, 0.717) is 0 Å². The van der Waals surface area contributed by atoms with E-state index in [-0.39, 0.29) is 0 Å². The van der Waals surface area contributed by atoms with Gasteiger partial charge in [0.25, 0.3) is 0 Å². The highest BCUT2D eigenvalue weighted by Gasteiger charge is 1.93. The first-order valence-corrected chi connectivity index (χ1v) is 6.10. The van der Waals surface area contributed by atoms with E-state index in [9.17, 15) is 0 Å². The van der Waals surface area contributed by atoms with Gasteiger partial charge in [0.1, 0.15) is 0 Å². The number of hydrogen-bond acceptors (Lipinski definition) is 1. The maximum absolute atomic E-state index is 4.14. The van der Waals surface area contributed by atoms with Crippen LogP contribution in [-0.2, 0) is 0 Å². The molecule has 1 rings (SSSR count). The third-order valence-electron chi connectivity index (χ3n) is 1.73. The fourth-order valence-electron chi connectivity index (χ4n) is 0.768. The van der Waals surface area contributed by atoms with E-state index in [1.807, 2.05) is 60.7 Å². The van der Waals surface area contributed by atoms with E-state index in [4.69, 9.17) is 0 Å². The third kappa shape index (κ3) is 9.45. The van der Waals surface area contributed by atoms with Gasteiger partial charge in [0, 0.05) is 11.9 Å². The monoisotopic (exact) mass is 211 g/mol. The van der Waals surface area contributed by atoms with Gasteiger partial charge in [0.05, 0.1) is 0 Å². The van der Waals surface area contributed by atoms with Crippen LogP contribution in [0.2, 0.25) is 0 Å². The third-order valence-corrected chi connectivity index (χ3v) is 1.73. The Morgan fingerprint density at radius 1 is 0.800 bits per heavy atom. The molecule has 0 fully saturated rings. The number of pyridine rings is 1. The average molecular weight is 211 g/mol. The van der Waals surface area contributed by atoms with E-state index in [2.05, 4.69) is 18.8 Å². The first-order chi connectivity index (χ1) is 7.22. The molecule has 0 unspecified atom stereocenters. The summed E-state index contributed by atoms with van der Waals surface area (Å²) in [6.07, 6.45) is 1.84. The highest BCUT2D eigenvalue weighted by atomic mass is 14.7. The van der Waals surface area contributed by atoms with Crippen molar-refractivity contribution in [3.63, 3.8) is 0 Å². The van der Waals surface area contributed by atoms with Gasteiger partial charge in [0.2, 0.25) is 0 Å². The summed E-state index contributed by atoms with van der Waals surface area (Å²) in [5, 5.41) is 0. The van der Waals surface area contributed by atoms with Gasteiger partial charge in [-0.15, -0.1) is 0 Å². The predicted octanol–water partition coefficient (Wildman–Crippen LogP) is 5.09. The number of aromatic nitrogens is 1. The van der Waals surface area contributed by atoms with Gasteiger partial charge in [0.15, 0.2) is 0 Å². The molecule has 0 saturated carbocycles. The van der Waals surface area contributed by atoms with Gasteiger partial charge in [-0.1, -0.05) is 41.5 Å². The van der Waals surface area contributed by atoms with Crippen molar-refractivity contribution >= 4 is 0 Å². The number of hydrogen-bond donors (Lipinski definition) is 0. The lowest BCUT2D eigenvalue weighted by Gasteiger charge is -1.99. The van der Waals surface area contributed by atoms with Crippen molar-refractivity contribution in [3.05, 3.63) is 29.1 Å². The normalized spacial score (nSPS) is 7.00. The van der Waals surface area contributed by atoms with Crippen molar-refractivity contribution in [2.45, 2.75) is 62.3 Å². The molecule has 0 aliphatic heterocycles. The van der Waals surface area contributed by atoms with Crippen molar-refractivity contribution in [1.29, 1.82) is 0 Å². The zero-order chi connectivity index (χ0) is 12.9. The molecule has 15 heavy (non-hydrogen) atoms. The van der Waals surface area contributed by atoms with Gasteiger partial charge < -0.3 is 0 Å². The molecule has 0 atom stereocenters. The topological polar surface area (TPSA) is 12.9 Å². The molecule has 1 heteroatoms. The Bertz CT molecular complexity index is 196. The highest BCUT2D eigenvalue weighted by molar-refractivity contribution is 5.25. The van der Waals surface area contributed by atoms with Gasteiger partial charge in [-0.25, -0.2) is 0 Å². The van der Waals surface area contributed by atoms with E-state index >= 15 is 0 Å². The molecule has 0 bridgehead atoms. The van der Waals surface area contributed by atoms with Crippen molar-refractivity contribution in [3.8, 4) is 0 Å². The van der Waals surface area contributed by atoms with Gasteiger partial charge in [-0.05, 0) is 38.0 Å². The molecule has 1 aromatic rings. The van der Waals surface area contributed by atoms with E-state index < -0.39 is 0 Å². The predicted molar refractivity (Wildman–Crippen MR) is 72.5 cm³/mol. The smallest absolute Gasteiger partial charge is 0.0404 e. The Hall–Kier alpha value is -0.850. The SMILES string of the molecule is CC.CC.CC.Cc1ccnc(C)c1C. The lowest BCUT2D eigenvalue weighted by Crippen LogP contribution is -1.87. The van der Waals surface area contributed by atoms with Crippen molar-refractivity contribution in [2.24, 2.45) is 0 Å². The molecular formula is C14H29N. The summed E-state index contributed by atoms with van der Waals surface area (Å²) in [5.41, 5.74) is 3.76. The Balaban J connectivity index is -0.000000208. The molecule has 0 amide bonds. The van der Waals surface area contributed by atoms with Crippen LogP contribution in [0.15, 0.2) is 12.3 Å². The molecule has 0 aliphatic rings. The van der Waals surface area contributed by atoms with Crippen LogP contribution in [0.25, 0.3) is 0 Å². The van der Waals surface area contributed by atoms with Crippen LogP contribution >= 0.6 is 0 Å². The second kappa shape index (κ2) is 15.6. The van der Waals surface area contributed by atoms with Gasteiger partial charge >= 0.3 is 0 Å². The van der Waals surface area contributed by atoms with E-state index in [0.717, 1.165) is 5.69 Å². The molecule has 0 radical (unpaired) electrons. The first-order valence-electron chi connectivity index (χ1n) is 6.10. The summed E-state index contributed by atoms with van der Waals surface area (Å²) >= 11 is 0. The van der Waals surface area contributed by atoms with Crippen LogP contribution in [0.1, 0.15) is 58.4 Å². The summed E-state index contributed by atoms with van der Waals surface area (Å²) in [6, 6.07) is 2.03. The minimum Gasteiger partial charge on any atom is -0.261 e. The maximum Gasteiger partial charge on any atom is 0.0404 e. The molecule has 0 aromatic carbocycles. The molecule has 0 spiro atoms. The number of aryl methyl sites for hydroxylation is 2. The van der Waals surface area contributed by atoms with Crippen LogP contribution in [0, 0.1) is 20.8 Å². The maximum atomic E-state index is 4.14. The van der Waals surface area contributed by atoms with Crippen molar-refractivity contribution in [1.82, 2.24) is 4.98 Å². The zero-order valence-corrected chi connectivity index (χ0v) is 12.1. The van der Waals surface area contributed by atoms with E-state index in [1.54, 1.807) is 0 Å². The fourth-order valence-corrected chi connectivity index (χ4v) is 0.768. The summed E-state index contributed by atoms with van der Waals surface area (Å²) in [4.78, 5) is 4.14. The molecule has 1 heterocycles. The van der Waals surface area contributed by atoms with Crippen LogP contribution in [0.4, 0.5) is 0 Å². The molecule has 0 N–H and O–H groups in total. The van der Waals surface area contributed by atoms with Crippen LogP contribution in [0.3, 0.4) is 0 Å². The summed E-state index contributed by atoms with van der Waals surface area (Å²) in [6.45, 7) is 18.2. The minimum atomic E-state index is 1.13. The molecule has 1 aromatic heterocycles. The summed E-state index contributed by atoms with van der Waals surface area (Å²) in [5.74, 6) is 0. The Morgan fingerprint density at radius 3 is 1.47 bits per heavy atom. The lowest BCUT2D eigenvalue weighted by molar-refractivity contribution is 1.12.